The van der Waals surface area contributed by atoms with Gasteiger partial charge in [-0.05, 0) is 12.1 Å². The largest absolute Gasteiger partial charge is 0.481 e. The Labute approximate surface area is 114 Å². The van der Waals surface area contributed by atoms with Gasteiger partial charge in [-0.1, -0.05) is 29.3 Å². The molecule has 0 bridgehead atoms. The lowest BCUT2D eigenvalue weighted by atomic mass is 10.2. The summed E-state index contributed by atoms with van der Waals surface area (Å²) in [5.74, 6) is -0.240. The first-order chi connectivity index (χ1) is 8.59. The van der Waals surface area contributed by atoms with E-state index in [0.29, 0.717) is 28.0 Å². The molecule has 1 N–H and O–H groups in total. The van der Waals surface area contributed by atoms with Crippen LogP contribution in [-0.2, 0) is 11.3 Å². The molecule has 1 aromatic heterocycles. The molecule has 0 fully saturated rings. The maximum atomic E-state index is 10.6. The van der Waals surface area contributed by atoms with Crippen LogP contribution in [0.3, 0.4) is 0 Å². The fraction of sp³-hybridized carbons (Fsp3) is 0.167. The highest BCUT2D eigenvalue weighted by molar-refractivity contribution is 6.43. The predicted octanol–water partition coefficient (Wildman–Crippen LogP) is 3.33. The number of nitrogens with zero attached hydrogens (tertiary/aromatic N) is 2. The third kappa shape index (κ3) is 2.66. The Morgan fingerprint density at radius 2 is 2.17 bits per heavy atom. The van der Waals surface area contributed by atoms with Gasteiger partial charge in [0, 0.05) is 24.5 Å². The van der Waals surface area contributed by atoms with Gasteiger partial charge in [-0.3, -0.25) is 4.79 Å². The van der Waals surface area contributed by atoms with Crippen molar-refractivity contribution >= 4 is 29.2 Å². The Balaban J connectivity index is 2.36. The lowest BCUT2D eigenvalue weighted by molar-refractivity contribution is -0.137. The number of hydrogen-bond acceptors (Lipinski definition) is 2. The maximum Gasteiger partial charge on any atom is 0.305 e. The molecule has 0 aliphatic heterocycles. The van der Waals surface area contributed by atoms with E-state index in [1.807, 2.05) is 0 Å². The molecule has 4 nitrogen and oxygen atoms in total. The van der Waals surface area contributed by atoms with Gasteiger partial charge >= 0.3 is 5.97 Å². The van der Waals surface area contributed by atoms with E-state index in [9.17, 15) is 4.79 Å². The van der Waals surface area contributed by atoms with E-state index >= 15 is 0 Å². The van der Waals surface area contributed by atoms with Gasteiger partial charge in [0.1, 0.15) is 5.82 Å². The van der Waals surface area contributed by atoms with Crippen molar-refractivity contribution < 1.29 is 9.90 Å². The number of benzene rings is 1. The number of aryl methyl sites for hydroxylation is 1. The van der Waals surface area contributed by atoms with Gasteiger partial charge in [0.25, 0.3) is 0 Å². The van der Waals surface area contributed by atoms with Gasteiger partial charge in [-0.25, -0.2) is 4.98 Å². The Hall–Kier alpha value is -1.52. The van der Waals surface area contributed by atoms with Crippen LogP contribution in [0.15, 0.2) is 30.6 Å². The summed E-state index contributed by atoms with van der Waals surface area (Å²) in [4.78, 5) is 14.8. The van der Waals surface area contributed by atoms with Gasteiger partial charge in [0.05, 0.1) is 16.5 Å². The molecule has 2 rings (SSSR count). The summed E-state index contributed by atoms with van der Waals surface area (Å²) in [6.07, 6.45) is 3.35. The molecule has 1 heterocycles. The van der Waals surface area contributed by atoms with Crippen molar-refractivity contribution in [3.63, 3.8) is 0 Å². The van der Waals surface area contributed by atoms with Crippen LogP contribution in [0.1, 0.15) is 6.42 Å². The maximum absolute atomic E-state index is 10.6. The van der Waals surface area contributed by atoms with Crippen molar-refractivity contribution in [1.82, 2.24) is 9.55 Å². The van der Waals surface area contributed by atoms with Crippen molar-refractivity contribution in [2.45, 2.75) is 13.0 Å². The van der Waals surface area contributed by atoms with Crippen LogP contribution in [0.5, 0.6) is 0 Å². The first-order valence-corrected chi connectivity index (χ1v) is 6.02. The Bertz CT molecular complexity index is 581. The highest BCUT2D eigenvalue weighted by Crippen LogP contribution is 2.32. The zero-order chi connectivity index (χ0) is 13.1. The topological polar surface area (TPSA) is 55.1 Å². The van der Waals surface area contributed by atoms with Gasteiger partial charge < -0.3 is 9.67 Å². The van der Waals surface area contributed by atoms with Gasteiger partial charge in [0.15, 0.2) is 0 Å². The Kier molecular flexibility index (Phi) is 3.89. The van der Waals surface area contributed by atoms with Crippen LogP contribution >= 0.6 is 23.2 Å². The molecule has 0 atom stereocenters. The number of aliphatic carboxylic acids is 1. The number of imidazole rings is 1. The molecular formula is C12H10Cl2N2O2. The first-order valence-electron chi connectivity index (χ1n) is 5.27. The lowest BCUT2D eigenvalue weighted by Gasteiger charge is -2.08. The number of rotatable bonds is 4. The molecule has 1 aromatic carbocycles. The van der Waals surface area contributed by atoms with Gasteiger partial charge in [0.2, 0.25) is 0 Å². The molecular weight excluding hydrogens is 275 g/mol. The summed E-state index contributed by atoms with van der Waals surface area (Å²) >= 11 is 12.1. The van der Waals surface area contributed by atoms with Crippen molar-refractivity contribution in [3.8, 4) is 11.4 Å². The lowest BCUT2D eigenvalue weighted by Crippen LogP contribution is -2.05. The highest BCUT2D eigenvalue weighted by atomic mass is 35.5. The van der Waals surface area contributed by atoms with Crippen LogP contribution in [0.25, 0.3) is 11.4 Å². The fourth-order valence-electron chi connectivity index (χ4n) is 1.63. The molecule has 0 unspecified atom stereocenters. The second-order valence-electron chi connectivity index (χ2n) is 3.69. The molecule has 0 saturated carbocycles. The van der Waals surface area contributed by atoms with E-state index in [0.717, 1.165) is 0 Å². The van der Waals surface area contributed by atoms with Crippen LogP contribution in [-0.4, -0.2) is 20.6 Å². The van der Waals surface area contributed by atoms with Crippen molar-refractivity contribution in [2.75, 3.05) is 0 Å². The number of aromatic nitrogens is 2. The van der Waals surface area contributed by atoms with E-state index in [1.54, 1.807) is 35.2 Å². The summed E-state index contributed by atoms with van der Waals surface area (Å²) in [5.41, 5.74) is 0.694. The molecule has 2 aromatic rings. The molecule has 0 spiro atoms. The van der Waals surface area contributed by atoms with E-state index in [-0.39, 0.29) is 6.42 Å². The van der Waals surface area contributed by atoms with Crippen molar-refractivity contribution in [1.29, 1.82) is 0 Å². The summed E-state index contributed by atoms with van der Waals surface area (Å²) < 4.78 is 1.74. The van der Waals surface area contributed by atoms with E-state index in [1.165, 1.54) is 0 Å². The standard InChI is InChI=1S/C12H10Cl2N2O2/c13-9-3-1-2-8(11(9)14)12-15-5-7-16(12)6-4-10(17)18/h1-3,5,7H,4,6H2,(H,17,18). The van der Waals surface area contributed by atoms with Crippen molar-refractivity contribution in [3.05, 3.63) is 40.6 Å². The molecule has 0 amide bonds. The monoisotopic (exact) mass is 284 g/mol. The normalized spacial score (nSPS) is 10.6. The van der Waals surface area contributed by atoms with E-state index in [2.05, 4.69) is 4.98 Å². The number of carbonyl (C=O) groups is 1. The predicted molar refractivity (Wildman–Crippen MR) is 69.9 cm³/mol. The second kappa shape index (κ2) is 5.42. The smallest absolute Gasteiger partial charge is 0.305 e. The Morgan fingerprint density at radius 3 is 2.89 bits per heavy atom. The second-order valence-corrected chi connectivity index (χ2v) is 4.47. The summed E-state index contributed by atoms with van der Waals surface area (Å²) in [7, 11) is 0. The van der Waals surface area contributed by atoms with Crippen LogP contribution in [0.2, 0.25) is 10.0 Å². The third-order valence-electron chi connectivity index (χ3n) is 2.47. The van der Waals surface area contributed by atoms with Crippen LogP contribution in [0, 0.1) is 0 Å². The fourth-order valence-corrected chi connectivity index (χ4v) is 2.01. The van der Waals surface area contributed by atoms with Gasteiger partial charge in [-0.2, -0.15) is 0 Å². The average molecular weight is 285 g/mol. The number of carboxylic acid groups (broad SMARTS) is 1. The molecule has 0 aliphatic carbocycles. The number of carboxylic acids is 1. The number of hydrogen-bond donors (Lipinski definition) is 1. The summed E-state index contributed by atoms with van der Waals surface area (Å²) in [5, 5.41) is 9.56. The third-order valence-corrected chi connectivity index (χ3v) is 3.29. The van der Waals surface area contributed by atoms with Gasteiger partial charge in [-0.15, -0.1) is 0 Å². The molecule has 18 heavy (non-hydrogen) atoms. The van der Waals surface area contributed by atoms with Crippen LogP contribution in [0.4, 0.5) is 0 Å². The summed E-state index contributed by atoms with van der Waals surface area (Å²) in [6, 6.07) is 5.27. The average Bonchev–Trinajstić information content (AvgIpc) is 2.78. The van der Waals surface area contributed by atoms with E-state index < -0.39 is 5.97 Å². The quantitative estimate of drug-likeness (QED) is 0.937. The zero-order valence-corrected chi connectivity index (χ0v) is 10.8. The highest BCUT2D eigenvalue weighted by Gasteiger charge is 2.12. The zero-order valence-electron chi connectivity index (χ0n) is 9.31. The molecule has 94 valence electrons. The minimum absolute atomic E-state index is 0.0293. The van der Waals surface area contributed by atoms with Crippen molar-refractivity contribution in [2.24, 2.45) is 0 Å². The minimum Gasteiger partial charge on any atom is -0.481 e. The minimum atomic E-state index is -0.855. The molecule has 0 saturated heterocycles. The molecule has 0 aliphatic rings. The van der Waals surface area contributed by atoms with Crippen LogP contribution < -0.4 is 0 Å². The number of halogens is 2. The summed E-state index contributed by atoms with van der Waals surface area (Å²) in [6.45, 7) is 0.341. The Morgan fingerprint density at radius 1 is 1.39 bits per heavy atom. The first kappa shape index (κ1) is 12.9. The molecule has 6 heteroatoms. The molecule has 0 radical (unpaired) electrons. The SMILES string of the molecule is O=C(O)CCn1ccnc1-c1cccc(Cl)c1Cl. The van der Waals surface area contributed by atoms with E-state index in [4.69, 9.17) is 28.3 Å².